The molecule has 5 heteroatoms. The van der Waals surface area contributed by atoms with Gasteiger partial charge in [0.05, 0.1) is 5.69 Å². The summed E-state index contributed by atoms with van der Waals surface area (Å²) in [5, 5.41) is 2.74. The lowest BCUT2D eigenvalue weighted by atomic mass is 10.2. The number of hydrogen-bond donors (Lipinski definition) is 1. The van der Waals surface area contributed by atoms with Crippen molar-refractivity contribution in [2.75, 3.05) is 31.9 Å². The third kappa shape index (κ3) is 2.72. The molecule has 1 atom stereocenters. The van der Waals surface area contributed by atoms with E-state index in [2.05, 4.69) is 34.0 Å². The van der Waals surface area contributed by atoms with E-state index in [-0.39, 0.29) is 0 Å². The summed E-state index contributed by atoms with van der Waals surface area (Å²) in [4.78, 5) is 9.29. The van der Waals surface area contributed by atoms with Crippen molar-refractivity contribution in [1.82, 2.24) is 14.8 Å². The molecule has 0 spiro atoms. The second kappa shape index (κ2) is 5.12. The van der Waals surface area contributed by atoms with Gasteiger partial charge in [-0.25, -0.2) is 4.98 Å². The van der Waals surface area contributed by atoms with Gasteiger partial charge in [0.1, 0.15) is 0 Å². The Morgan fingerprint density at radius 1 is 1.56 bits per heavy atom. The van der Waals surface area contributed by atoms with Crippen molar-refractivity contribution in [3.63, 3.8) is 0 Å². The van der Waals surface area contributed by atoms with E-state index in [0.29, 0.717) is 11.2 Å². The van der Waals surface area contributed by atoms with E-state index in [1.54, 1.807) is 0 Å². The first-order valence-corrected chi connectivity index (χ1v) is 6.73. The Morgan fingerprint density at radius 3 is 2.94 bits per heavy atom. The van der Waals surface area contributed by atoms with Crippen molar-refractivity contribution >= 4 is 16.5 Å². The molecule has 2 heterocycles. The number of aromatic nitrogens is 1. The van der Waals surface area contributed by atoms with Gasteiger partial charge >= 0.3 is 0 Å². The van der Waals surface area contributed by atoms with E-state index in [9.17, 15) is 0 Å². The van der Waals surface area contributed by atoms with Crippen LogP contribution in [0, 0.1) is 0 Å². The van der Waals surface area contributed by atoms with Gasteiger partial charge in [-0.1, -0.05) is 6.92 Å². The van der Waals surface area contributed by atoms with Gasteiger partial charge in [-0.3, -0.25) is 9.80 Å². The van der Waals surface area contributed by atoms with Crippen LogP contribution in [0.4, 0.5) is 5.13 Å². The highest BCUT2D eigenvalue weighted by atomic mass is 32.1. The number of anilines is 1. The zero-order valence-electron chi connectivity index (χ0n) is 10.0. The Balaban J connectivity index is 1.88. The quantitative estimate of drug-likeness (QED) is 0.864. The largest absolute Gasteiger partial charge is 0.375 e. The van der Waals surface area contributed by atoms with Crippen molar-refractivity contribution < 1.29 is 0 Å². The standard InChI is InChI=1S/C11H20N4S/c1-3-15-5-4-14(6-9(15)2)7-10-8-16-11(12)13-10/h8-9H,3-7H2,1-2H3,(H2,12,13). The van der Waals surface area contributed by atoms with Gasteiger partial charge in [0.15, 0.2) is 5.13 Å². The molecule has 0 saturated carbocycles. The van der Waals surface area contributed by atoms with Crippen LogP contribution in [-0.4, -0.2) is 47.0 Å². The van der Waals surface area contributed by atoms with Gasteiger partial charge in [-0.05, 0) is 13.5 Å². The van der Waals surface area contributed by atoms with Crippen molar-refractivity contribution in [2.45, 2.75) is 26.4 Å². The van der Waals surface area contributed by atoms with Crippen LogP contribution in [0.25, 0.3) is 0 Å². The molecule has 0 bridgehead atoms. The monoisotopic (exact) mass is 240 g/mol. The van der Waals surface area contributed by atoms with Crippen LogP contribution in [0.1, 0.15) is 19.5 Å². The normalized spacial score (nSPS) is 23.8. The molecule has 1 unspecified atom stereocenters. The minimum atomic E-state index is 0.648. The Morgan fingerprint density at radius 2 is 2.38 bits per heavy atom. The molecule has 1 fully saturated rings. The van der Waals surface area contributed by atoms with Gasteiger partial charge in [0.25, 0.3) is 0 Å². The number of hydrogen-bond acceptors (Lipinski definition) is 5. The lowest BCUT2D eigenvalue weighted by Gasteiger charge is -2.39. The molecule has 1 aromatic rings. The zero-order valence-corrected chi connectivity index (χ0v) is 10.8. The van der Waals surface area contributed by atoms with E-state index in [1.807, 2.05) is 0 Å². The lowest BCUT2D eigenvalue weighted by molar-refractivity contribution is 0.0828. The smallest absolute Gasteiger partial charge is 0.180 e. The van der Waals surface area contributed by atoms with E-state index < -0.39 is 0 Å². The van der Waals surface area contributed by atoms with Gasteiger partial charge in [-0.2, -0.15) is 0 Å². The van der Waals surface area contributed by atoms with E-state index in [1.165, 1.54) is 11.3 Å². The molecule has 2 N–H and O–H groups in total. The number of nitrogens with two attached hydrogens (primary N) is 1. The Labute approximate surface area is 101 Å². The van der Waals surface area contributed by atoms with Crippen LogP contribution in [0.2, 0.25) is 0 Å². The number of nitrogen functional groups attached to an aromatic ring is 1. The first-order chi connectivity index (χ1) is 7.69. The fourth-order valence-electron chi connectivity index (χ4n) is 2.31. The van der Waals surface area contributed by atoms with E-state index in [4.69, 9.17) is 5.73 Å². The Bertz CT molecular complexity index is 338. The molecule has 0 aliphatic carbocycles. The number of rotatable bonds is 3. The molecule has 0 aromatic carbocycles. The number of thiazole rings is 1. The van der Waals surface area contributed by atoms with Gasteiger partial charge < -0.3 is 5.73 Å². The van der Waals surface area contributed by atoms with Crippen molar-refractivity contribution in [2.24, 2.45) is 0 Å². The fourth-order valence-corrected chi connectivity index (χ4v) is 2.86. The van der Waals surface area contributed by atoms with Gasteiger partial charge in [-0.15, -0.1) is 11.3 Å². The second-order valence-electron chi connectivity index (χ2n) is 4.39. The molecule has 0 radical (unpaired) electrons. The van der Waals surface area contributed by atoms with Crippen molar-refractivity contribution in [3.8, 4) is 0 Å². The molecule has 0 amide bonds. The predicted molar refractivity (Wildman–Crippen MR) is 68.5 cm³/mol. The molecule has 1 aliphatic heterocycles. The molecule has 4 nitrogen and oxygen atoms in total. The van der Waals surface area contributed by atoms with Crippen LogP contribution in [0.3, 0.4) is 0 Å². The summed E-state index contributed by atoms with van der Waals surface area (Å²) in [6, 6.07) is 0.648. The highest BCUT2D eigenvalue weighted by Gasteiger charge is 2.22. The summed E-state index contributed by atoms with van der Waals surface area (Å²) in [5.41, 5.74) is 6.75. The molecular formula is C11H20N4S. The summed E-state index contributed by atoms with van der Waals surface area (Å²) < 4.78 is 0. The van der Waals surface area contributed by atoms with Crippen molar-refractivity contribution in [3.05, 3.63) is 11.1 Å². The average molecular weight is 240 g/mol. The maximum atomic E-state index is 5.64. The summed E-state index contributed by atoms with van der Waals surface area (Å²) in [6.07, 6.45) is 0. The molecule has 1 aliphatic rings. The summed E-state index contributed by atoms with van der Waals surface area (Å²) in [6.45, 7) is 10.0. The molecular weight excluding hydrogens is 220 g/mol. The zero-order chi connectivity index (χ0) is 11.5. The lowest BCUT2D eigenvalue weighted by Crippen LogP contribution is -2.51. The molecule has 90 valence electrons. The minimum Gasteiger partial charge on any atom is -0.375 e. The second-order valence-corrected chi connectivity index (χ2v) is 5.28. The molecule has 1 aromatic heterocycles. The molecule has 16 heavy (non-hydrogen) atoms. The van der Waals surface area contributed by atoms with E-state index >= 15 is 0 Å². The Kier molecular flexibility index (Phi) is 3.78. The maximum Gasteiger partial charge on any atom is 0.180 e. The number of likely N-dealkylation sites (N-methyl/N-ethyl adjacent to an activating group) is 1. The molecule has 1 saturated heterocycles. The first kappa shape index (κ1) is 11.8. The van der Waals surface area contributed by atoms with Crippen LogP contribution in [0.15, 0.2) is 5.38 Å². The third-order valence-electron chi connectivity index (χ3n) is 3.21. The number of piperazine rings is 1. The minimum absolute atomic E-state index is 0.648. The topological polar surface area (TPSA) is 45.4 Å². The summed E-state index contributed by atoms with van der Waals surface area (Å²) in [5.74, 6) is 0. The van der Waals surface area contributed by atoms with Crippen LogP contribution in [0.5, 0.6) is 0 Å². The highest BCUT2D eigenvalue weighted by Crippen LogP contribution is 2.15. The number of nitrogens with zero attached hydrogens (tertiary/aromatic N) is 3. The predicted octanol–water partition coefficient (Wildman–Crippen LogP) is 1.25. The summed E-state index contributed by atoms with van der Waals surface area (Å²) in [7, 11) is 0. The maximum absolute atomic E-state index is 5.64. The fraction of sp³-hybridized carbons (Fsp3) is 0.727. The van der Waals surface area contributed by atoms with Gasteiger partial charge in [0, 0.05) is 37.6 Å². The summed E-state index contributed by atoms with van der Waals surface area (Å²) >= 11 is 1.53. The molecule has 2 rings (SSSR count). The Hall–Kier alpha value is -0.650. The van der Waals surface area contributed by atoms with Crippen LogP contribution < -0.4 is 5.73 Å². The van der Waals surface area contributed by atoms with E-state index in [0.717, 1.165) is 38.4 Å². The highest BCUT2D eigenvalue weighted by molar-refractivity contribution is 7.13. The van der Waals surface area contributed by atoms with Crippen LogP contribution in [-0.2, 0) is 6.54 Å². The SMILES string of the molecule is CCN1CCN(Cc2csc(N)n2)CC1C. The van der Waals surface area contributed by atoms with Gasteiger partial charge in [0.2, 0.25) is 0 Å². The van der Waals surface area contributed by atoms with Crippen molar-refractivity contribution in [1.29, 1.82) is 0 Å². The third-order valence-corrected chi connectivity index (χ3v) is 3.93. The van der Waals surface area contributed by atoms with Crippen LogP contribution >= 0.6 is 11.3 Å². The average Bonchev–Trinajstić information content (AvgIpc) is 2.64. The first-order valence-electron chi connectivity index (χ1n) is 5.85.